The molecule has 6 heteroatoms. The lowest BCUT2D eigenvalue weighted by atomic mass is 9.45. The Morgan fingerprint density at radius 1 is 0.561 bits per heavy atom. The zero-order valence-corrected chi connectivity index (χ0v) is 34.4. The first-order chi connectivity index (χ1) is 27.2. The largest absolute Gasteiger partial charge is 0.458 e. The molecular formula is C51H60O6. The SMILES string of the molecule is C[C@@]12C(=CC(=O)C3C[C@@H]31)C1(CC1)CC1C2C=C[C@@]2(C)C1CC[C@@]21CCC(=O)O1.C[C@@]12C(=CC(=O)C3C[C@@H]31)C1(CC1)CC1C2C=C[C@@]2(C)C1[C@@H]1CC1[C@@]21CCC(=O)O1. The topological polar surface area (TPSA) is 86.7 Å². The van der Waals surface area contributed by atoms with Gasteiger partial charge in [0.1, 0.15) is 11.2 Å². The van der Waals surface area contributed by atoms with Crippen molar-refractivity contribution >= 4 is 23.5 Å². The Bertz CT molecular complexity index is 2170. The second-order valence-electron chi connectivity index (χ2n) is 24.0. The molecule has 11 fully saturated rings. The zero-order chi connectivity index (χ0) is 38.7. The highest BCUT2D eigenvalue weighted by Gasteiger charge is 2.81. The van der Waals surface area contributed by atoms with Crippen molar-refractivity contribution < 1.29 is 28.7 Å². The number of rotatable bonds is 0. The fraction of sp³-hybridized carbons (Fsp3) is 0.765. The number of allylic oxidation sites excluding steroid dienone is 6. The van der Waals surface area contributed by atoms with E-state index >= 15 is 0 Å². The van der Waals surface area contributed by atoms with Crippen molar-refractivity contribution in [3.05, 3.63) is 47.6 Å². The van der Waals surface area contributed by atoms with Gasteiger partial charge in [-0.05, 0) is 171 Å². The van der Waals surface area contributed by atoms with Crippen LogP contribution in [0.1, 0.15) is 124 Å². The highest BCUT2D eigenvalue weighted by atomic mass is 16.6. The van der Waals surface area contributed by atoms with Crippen LogP contribution < -0.4 is 0 Å². The van der Waals surface area contributed by atoms with Crippen LogP contribution in [-0.2, 0) is 28.7 Å². The van der Waals surface area contributed by atoms with Gasteiger partial charge in [-0.3, -0.25) is 19.2 Å². The molecule has 4 spiro atoms. The number of carbonyl (C=O) groups excluding carboxylic acids is 4. The molecular weight excluding hydrogens is 709 g/mol. The van der Waals surface area contributed by atoms with Gasteiger partial charge in [0.25, 0.3) is 0 Å². The normalized spacial score (nSPS) is 59.0. The molecule has 57 heavy (non-hydrogen) atoms. The molecule has 15 aliphatic rings. The average Bonchev–Trinajstić information content (AvgIpc) is 3.95. The first-order valence-electron chi connectivity index (χ1n) is 23.5. The van der Waals surface area contributed by atoms with E-state index in [9.17, 15) is 19.2 Å². The Hall–Kier alpha value is -2.76. The molecule has 0 aromatic rings. The van der Waals surface area contributed by atoms with Crippen LogP contribution in [0.15, 0.2) is 47.6 Å². The highest BCUT2D eigenvalue weighted by molar-refractivity contribution is 5.97. The molecule has 13 aliphatic carbocycles. The molecule has 0 N–H and O–H groups in total. The van der Waals surface area contributed by atoms with Crippen molar-refractivity contribution in [3.8, 4) is 0 Å². The minimum Gasteiger partial charge on any atom is -0.458 e. The number of ether oxygens (including phenoxy) is 2. The van der Waals surface area contributed by atoms with E-state index in [1.165, 1.54) is 62.5 Å². The number of hydrogen-bond acceptors (Lipinski definition) is 6. The molecule has 9 unspecified atom stereocenters. The summed E-state index contributed by atoms with van der Waals surface area (Å²) >= 11 is 0. The Morgan fingerprint density at radius 2 is 1.12 bits per heavy atom. The molecule has 6 nitrogen and oxygen atoms in total. The fourth-order valence-corrected chi connectivity index (χ4v) is 19.3. The van der Waals surface area contributed by atoms with Crippen molar-refractivity contribution in [2.45, 2.75) is 135 Å². The molecule has 2 saturated heterocycles. The van der Waals surface area contributed by atoms with E-state index in [0.717, 1.165) is 38.0 Å². The number of carbonyl (C=O) groups is 4. The lowest BCUT2D eigenvalue weighted by molar-refractivity contribution is -0.162. The Balaban J connectivity index is 0.000000115. The quantitative estimate of drug-likeness (QED) is 0.181. The monoisotopic (exact) mass is 768 g/mol. The molecule has 15 rings (SSSR count). The van der Waals surface area contributed by atoms with Crippen molar-refractivity contribution in [2.75, 3.05) is 0 Å². The number of ketones is 2. The van der Waals surface area contributed by atoms with E-state index in [4.69, 9.17) is 9.47 Å². The van der Waals surface area contributed by atoms with Gasteiger partial charge < -0.3 is 9.47 Å². The molecule has 0 aromatic heterocycles. The summed E-state index contributed by atoms with van der Waals surface area (Å²) in [6.07, 6.45) is 30.6. The summed E-state index contributed by atoms with van der Waals surface area (Å²) in [4.78, 5) is 49.5. The summed E-state index contributed by atoms with van der Waals surface area (Å²) in [5, 5.41) is 0. The number of hydrogen-bond donors (Lipinski definition) is 0. The molecule has 0 bridgehead atoms. The number of fused-ring (bicyclic) bond motifs is 21. The summed E-state index contributed by atoms with van der Waals surface area (Å²) in [5.41, 5.74) is 3.57. The third kappa shape index (κ3) is 3.67. The van der Waals surface area contributed by atoms with Crippen LogP contribution >= 0.6 is 0 Å². The van der Waals surface area contributed by atoms with E-state index < -0.39 is 0 Å². The summed E-state index contributed by atoms with van der Waals surface area (Å²) < 4.78 is 12.3. The third-order valence-electron chi connectivity index (χ3n) is 22.4. The number of esters is 2. The van der Waals surface area contributed by atoms with Gasteiger partial charge in [-0.1, -0.05) is 63.1 Å². The summed E-state index contributed by atoms with van der Waals surface area (Å²) in [7, 11) is 0. The van der Waals surface area contributed by atoms with E-state index in [0.29, 0.717) is 100 Å². The van der Waals surface area contributed by atoms with Gasteiger partial charge in [-0.2, -0.15) is 0 Å². The first kappa shape index (κ1) is 34.0. The standard InChI is InChI=1S/C26H30O3.C25H30O3/c1-23-5-3-16-15(22(23)14-10-18(14)26(23)6-4-21(28)29-26)12-25(7-8-25)20-11-19(27)13-9-17(13)24(16,20)2;1-22-6-3-17-15(16(22)4-7-25(22)8-5-21(27)28-25)13-24(9-10-24)20-12-19(26)14-11-18(14)23(17,20)2/h3,5,11,13-18,22H,4,6-10,12H2,1-2H3;3,6,12,14-18H,4-5,7-11,13H2,1-2H3/t13?,14-,15?,16?,17+,18?,22?,23+,24+,26+;14?,15?,16?,17?,18-,22-,23-,25+/m10/s1. The highest BCUT2D eigenvalue weighted by Crippen LogP contribution is 2.83. The summed E-state index contributed by atoms with van der Waals surface area (Å²) in [6, 6.07) is 0. The lowest BCUT2D eigenvalue weighted by Crippen LogP contribution is -2.56. The molecule has 2 heterocycles. The molecule has 0 aromatic carbocycles. The van der Waals surface area contributed by atoms with Crippen molar-refractivity contribution in [1.82, 2.24) is 0 Å². The maximum absolute atomic E-state index is 12.7. The summed E-state index contributed by atoms with van der Waals surface area (Å²) in [5.74, 6) is 7.71. The minimum atomic E-state index is -0.255. The van der Waals surface area contributed by atoms with Gasteiger partial charge in [-0.25, -0.2) is 0 Å². The van der Waals surface area contributed by atoms with Gasteiger partial charge in [0, 0.05) is 41.4 Å². The van der Waals surface area contributed by atoms with Gasteiger partial charge in [0.05, 0.1) is 0 Å². The second kappa shape index (κ2) is 9.72. The van der Waals surface area contributed by atoms with Gasteiger partial charge >= 0.3 is 11.9 Å². The van der Waals surface area contributed by atoms with Crippen molar-refractivity contribution in [2.24, 2.45) is 104 Å². The zero-order valence-electron chi connectivity index (χ0n) is 34.4. The van der Waals surface area contributed by atoms with Crippen LogP contribution in [0.4, 0.5) is 0 Å². The van der Waals surface area contributed by atoms with Crippen molar-refractivity contribution in [1.29, 1.82) is 0 Å². The van der Waals surface area contributed by atoms with Gasteiger partial charge in [-0.15, -0.1) is 0 Å². The van der Waals surface area contributed by atoms with Crippen LogP contribution in [0, 0.1) is 104 Å². The third-order valence-corrected chi connectivity index (χ3v) is 22.4. The van der Waals surface area contributed by atoms with E-state index in [1.807, 2.05) is 0 Å². The van der Waals surface area contributed by atoms with E-state index in [1.54, 1.807) is 0 Å². The fourth-order valence-electron chi connectivity index (χ4n) is 19.3. The van der Waals surface area contributed by atoms with Gasteiger partial charge in [0.15, 0.2) is 11.6 Å². The average molecular weight is 769 g/mol. The molecule has 0 radical (unpaired) electrons. The minimum absolute atomic E-state index is 0.00324. The Labute approximate surface area is 337 Å². The van der Waals surface area contributed by atoms with Crippen molar-refractivity contribution in [3.63, 3.8) is 0 Å². The lowest BCUT2D eigenvalue weighted by Gasteiger charge is -2.59. The molecule has 18 atom stereocenters. The maximum Gasteiger partial charge on any atom is 0.306 e. The second-order valence-corrected chi connectivity index (χ2v) is 24.0. The van der Waals surface area contributed by atoms with Crippen LogP contribution in [0.5, 0.6) is 0 Å². The molecule has 300 valence electrons. The van der Waals surface area contributed by atoms with Crippen LogP contribution in [0.3, 0.4) is 0 Å². The van der Waals surface area contributed by atoms with Crippen LogP contribution in [-0.4, -0.2) is 34.7 Å². The van der Waals surface area contributed by atoms with E-state index in [2.05, 4.69) is 64.2 Å². The van der Waals surface area contributed by atoms with Gasteiger partial charge in [0.2, 0.25) is 0 Å². The van der Waals surface area contributed by atoms with Crippen LogP contribution in [0.25, 0.3) is 0 Å². The molecule has 9 saturated carbocycles. The summed E-state index contributed by atoms with van der Waals surface area (Å²) in [6.45, 7) is 9.82. The predicted octanol–water partition coefficient (Wildman–Crippen LogP) is 9.09. The van der Waals surface area contributed by atoms with E-state index in [-0.39, 0.29) is 44.8 Å². The smallest absolute Gasteiger partial charge is 0.306 e. The maximum atomic E-state index is 12.7. The Morgan fingerprint density at radius 3 is 1.68 bits per heavy atom. The Kier molecular flexibility index (Phi) is 5.80. The molecule has 0 amide bonds. The first-order valence-corrected chi connectivity index (χ1v) is 23.5. The molecule has 2 aliphatic heterocycles. The van der Waals surface area contributed by atoms with Crippen LogP contribution in [0.2, 0.25) is 0 Å². The predicted molar refractivity (Wildman–Crippen MR) is 211 cm³/mol.